The van der Waals surface area contributed by atoms with E-state index in [0.29, 0.717) is 29.4 Å². The molecule has 0 saturated carbocycles. The van der Waals surface area contributed by atoms with Gasteiger partial charge in [-0.15, -0.1) is 0 Å². The molecule has 0 unspecified atom stereocenters. The standard InChI is InChI=1S/C19H23ClN2O4S/c1-26-18-7-4-3-6-17(18)22(27(2,24)25)13-5-8-19(23)21-14-15-9-11-16(20)12-10-15/h3-4,6-7,9-12H,5,8,13-14H2,1-2H3,(H,21,23). The van der Waals surface area contributed by atoms with Crippen LogP contribution in [0.2, 0.25) is 5.02 Å². The Balaban J connectivity index is 1.92. The second kappa shape index (κ2) is 9.62. The number of sulfonamides is 1. The quantitative estimate of drug-likeness (QED) is 0.688. The van der Waals surface area contributed by atoms with Gasteiger partial charge in [0.25, 0.3) is 0 Å². The molecule has 0 aromatic heterocycles. The van der Waals surface area contributed by atoms with Gasteiger partial charge >= 0.3 is 0 Å². The number of anilines is 1. The molecule has 0 radical (unpaired) electrons. The lowest BCUT2D eigenvalue weighted by molar-refractivity contribution is -0.121. The number of hydrogen-bond donors (Lipinski definition) is 1. The third kappa shape index (κ3) is 6.45. The fourth-order valence-corrected chi connectivity index (χ4v) is 3.67. The van der Waals surface area contributed by atoms with Crippen LogP contribution in [0, 0.1) is 0 Å². The van der Waals surface area contributed by atoms with Crippen molar-refractivity contribution in [3.05, 3.63) is 59.1 Å². The van der Waals surface area contributed by atoms with E-state index in [2.05, 4.69) is 5.32 Å². The Hall–Kier alpha value is -2.25. The van der Waals surface area contributed by atoms with Crippen LogP contribution in [-0.2, 0) is 21.4 Å². The molecular formula is C19H23ClN2O4S. The minimum atomic E-state index is -3.50. The van der Waals surface area contributed by atoms with Gasteiger partial charge in [-0.2, -0.15) is 0 Å². The number of amides is 1. The van der Waals surface area contributed by atoms with Gasteiger partial charge in [0.05, 0.1) is 19.1 Å². The first-order valence-corrected chi connectivity index (χ1v) is 10.7. The summed E-state index contributed by atoms with van der Waals surface area (Å²) < 4.78 is 30.9. The van der Waals surface area contributed by atoms with Crippen LogP contribution in [0.5, 0.6) is 5.75 Å². The maximum absolute atomic E-state index is 12.2. The fraction of sp³-hybridized carbons (Fsp3) is 0.316. The number of nitrogens with zero attached hydrogens (tertiary/aromatic N) is 1. The third-order valence-corrected chi connectivity index (χ3v) is 5.35. The predicted molar refractivity (Wildman–Crippen MR) is 108 cm³/mol. The summed E-state index contributed by atoms with van der Waals surface area (Å²) in [5, 5.41) is 3.46. The van der Waals surface area contributed by atoms with Crippen molar-refractivity contribution in [3.8, 4) is 5.75 Å². The second-order valence-corrected chi connectivity index (χ2v) is 8.36. The molecule has 0 fully saturated rings. The number of hydrogen-bond acceptors (Lipinski definition) is 4. The van der Waals surface area contributed by atoms with Crippen molar-refractivity contribution in [1.29, 1.82) is 0 Å². The Labute approximate surface area is 165 Å². The van der Waals surface area contributed by atoms with Gasteiger partial charge in [-0.25, -0.2) is 8.42 Å². The summed E-state index contributed by atoms with van der Waals surface area (Å²) in [7, 11) is -2.01. The largest absolute Gasteiger partial charge is 0.495 e. The van der Waals surface area contributed by atoms with Crippen molar-refractivity contribution in [3.63, 3.8) is 0 Å². The van der Waals surface area contributed by atoms with Gasteiger partial charge in [0.2, 0.25) is 15.9 Å². The lowest BCUT2D eigenvalue weighted by Crippen LogP contribution is -2.32. The van der Waals surface area contributed by atoms with Crippen LogP contribution in [0.4, 0.5) is 5.69 Å². The van der Waals surface area contributed by atoms with Crippen LogP contribution in [-0.4, -0.2) is 34.2 Å². The summed E-state index contributed by atoms with van der Waals surface area (Å²) >= 11 is 5.83. The Morgan fingerprint density at radius 1 is 1.15 bits per heavy atom. The molecule has 0 aliphatic heterocycles. The summed E-state index contributed by atoms with van der Waals surface area (Å²) in [5.74, 6) is 0.327. The lowest BCUT2D eigenvalue weighted by atomic mass is 10.2. The van der Waals surface area contributed by atoms with Crippen molar-refractivity contribution < 1.29 is 17.9 Å². The fourth-order valence-electron chi connectivity index (χ4n) is 2.58. The molecule has 0 atom stereocenters. The highest BCUT2D eigenvalue weighted by Gasteiger charge is 2.20. The van der Waals surface area contributed by atoms with E-state index >= 15 is 0 Å². The van der Waals surface area contributed by atoms with Crippen LogP contribution in [0.15, 0.2) is 48.5 Å². The predicted octanol–water partition coefficient (Wildman–Crippen LogP) is 3.21. The van der Waals surface area contributed by atoms with Crippen LogP contribution in [0.25, 0.3) is 0 Å². The number of nitrogens with one attached hydrogen (secondary N) is 1. The van der Waals surface area contributed by atoms with Gasteiger partial charge in [0.1, 0.15) is 5.75 Å². The first-order chi connectivity index (χ1) is 12.8. The van der Waals surface area contributed by atoms with Gasteiger partial charge in [-0.3, -0.25) is 9.10 Å². The van der Waals surface area contributed by atoms with Crippen molar-refractivity contribution in [2.24, 2.45) is 0 Å². The van der Waals surface area contributed by atoms with Gasteiger partial charge in [0, 0.05) is 24.5 Å². The number of ether oxygens (including phenoxy) is 1. The molecule has 0 aliphatic rings. The summed E-state index contributed by atoms with van der Waals surface area (Å²) in [6, 6.07) is 14.1. The molecule has 146 valence electrons. The van der Waals surface area contributed by atoms with Crippen LogP contribution in [0.1, 0.15) is 18.4 Å². The number of carbonyl (C=O) groups excluding carboxylic acids is 1. The molecule has 27 heavy (non-hydrogen) atoms. The molecule has 2 aromatic carbocycles. The van der Waals surface area contributed by atoms with Crippen LogP contribution < -0.4 is 14.4 Å². The maximum atomic E-state index is 12.2. The second-order valence-electron chi connectivity index (χ2n) is 6.01. The van der Waals surface area contributed by atoms with Gasteiger partial charge in [-0.1, -0.05) is 35.9 Å². The number of rotatable bonds is 9. The monoisotopic (exact) mass is 410 g/mol. The van der Waals surface area contributed by atoms with Crippen LogP contribution >= 0.6 is 11.6 Å². The Bertz CT molecular complexity index is 870. The highest BCUT2D eigenvalue weighted by molar-refractivity contribution is 7.92. The first kappa shape index (κ1) is 21.1. The summed E-state index contributed by atoms with van der Waals surface area (Å²) in [5.41, 5.74) is 1.41. The average molecular weight is 411 g/mol. The average Bonchev–Trinajstić information content (AvgIpc) is 2.64. The smallest absolute Gasteiger partial charge is 0.232 e. The number of carbonyl (C=O) groups is 1. The van der Waals surface area contributed by atoms with Crippen molar-refractivity contribution in [1.82, 2.24) is 5.32 Å². The van der Waals surface area contributed by atoms with Gasteiger partial charge in [0.15, 0.2) is 0 Å². The normalized spacial score (nSPS) is 11.1. The highest BCUT2D eigenvalue weighted by atomic mass is 35.5. The van der Waals surface area contributed by atoms with Crippen LogP contribution in [0.3, 0.4) is 0 Å². The molecule has 0 saturated heterocycles. The van der Waals surface area contributed by atoms with Crippen molar-refractivity contribution >= 4 is 33.2 Å². The summed E-state index contributed by atoms with van der Waals surface area (Å²) in [6.45, 7) is 0.589. The molecule has 0 heterocycles. The zero-order valence-electron chi connectivity index (χ0n) is 15.3. The van der Waals surface area contributed by atoms with Crippen molar-refractivity contribution in [2.75, 3.05) is 24.2 Å². The molecule has 0 aliphatic carbocycles. The van der Waals surface area contributed by atoms with E-state index in [-0.39, 0.29) is 18.9 Å². The van der Waals surface area contributed by atoms with E-state index < -0.39 is 10.0 Å². The first-order valence-electron chi connectivity index (χ1n) is 8.43. The van der Waals surface area contributed by atoms with Crippen molar-refractivity contribution in [2.45, 2.75) is 19.4 Å². The molecule has 6 nitrogen and oxygen atoms in total. The number of para-hydroxylation sites is 2. The lowest BCUT2D eigenvalue weighted by Gasteiger charge is -2.24. The maximum Gasteiger partial charge on any atom is 0.232 e. The van der Waals surface area contributed by atoms with E-state index in [4.69, 9.17) is 16.3 Å². The molecule has 8 heteroatoms. The van der Waals surface area contributed by atoms with E-state index in [1.54, 1.807) is 36.4 Å². The number of methoxy groups -OCH3 is 1. The SMILES string of the molecule is COc1ccccc1N(CCCC(=O)NCc1ccc(Cl)cc1)S(C)(=O)=O. The third-order valence-electron chi connectivity index (χ3n) is 3.92. The molecule has 1 amide bonds. The molecular weight excluding hydrogens is 388 g/mol. The Kier molecular flexibility index (Phi) is 7.50. The molecule has 0 bridgehead atoms. The Morgan fingerprint density at radius 3 is 2.44 bits per heavy atom. The summed E-state index contributed by atoms with van der Waals surface area (Å²) in [6.07, 6.45) is 1.74. The zero-order valence-corrected chi connectivity index (χ0v) is 16.9. The van der Waals surface area contributed by atoms with Gasteiger partial charge in [-0.05, 0) is 36.2 Å². The van der Waals surface area contributed by atoms with E-state index in [1.807, 2.05) is 12.1 Å². The minimum absolute atomic E-state index is 0.140. The van der Waals surface area contributed by atoms with Gasteiger partial charge < -0.3 is 10.1 Å². The topological polar surface area (TPSA) is 75.7 Å². The Morgan fingerprint density at radius 2 is 1.81 bits per heavy atom. The number of halogens is 1. The molecule has 2 rings (SSSR count). The number of benzene rings is 2. The van der Waals surface area contributed by atoms with E-state index in [9.17, 15) is 13.2 Å². The minimum Gasteiger partial charge on any atom is -0.495 e. The highest BCUT2D eigenvalue weighted by Crippen LogP contribution is 2.29. The summed E-state index contributed by atoms with van der Waals surface area (Å²) in [4.78, 5) is 12.0. The zero-order chi connectivity index (χ0) is 19.9. The molecule has 2 aromatic rings. The van der Waals surface area contributed by atoms with E-state index in [0.717, 1.165) is 11.8 Å². The molecule has 1 N–H and O–H groups in total. The molecule has 0 spiro atoms. The van der Waals surface area contributed by atoms with E-state index in [1.165, 1.54) is 11.4 Å².